The van der Waals surface area contributed by atoms with Gasteiger partial charge in [-0.3, -0.25) is 4.55 Å². The summed E-state index contributed by atoms with van der Waals surface area (Å²) < 4.78 is 39.2. The fourth-order valence-electron chi connectivity index (χ4n) is 2.73. The molecule has 1 N–H and O–H groups in total. The van der Waals surface area contributed by atoms with E-state index in [9.17, 15) is 13.0 Å². The van der Waals surface area contributed by atoms with Gasteiger partial charge in [-0.2, -0.15) is 8.42 Å². The Morgan fingerprint density at radius 3 is 2.50 bits per heavy atom. The Morgan fingerprint density at radius 1 is 1.14 bits per heavy atom. The zero-order chi connectivity index (χ0) is 15.9. The van der Waals surface area contributed by atoms with E-state index in [1.165, 1.54) is 0 Å². The molecule has 1 atom stereocenters. The first-order chi connectivity index (χ1) is 10.4. The molecule has 1 aliphatic heterocycles. The molecule has 0 aromatic heterocycles. The maximum Gasteiger partial charge on any atom is 0.286 e. The fourth-order valence-corrected chi connectivity index (χ4v) is 3.64. The molecule has 0 fully saturated rings. The number of hydrogen-bond donors (Lipinski definition) is 1. The number of anilines is 2. The molecule has 0 spiro atoms. The van der Waals surface area contributed by atoms with E-state index < -0.39 is 15.5 Å². The minimum atomic E-state index is -4.24. The SMILES string of the molecule is CCC(N1c2ccccc2Oc2ccc(C)cc21)S(=O)(=O)O. The summed E-state index contributed by atoms with van der Waals surface area (Å²) in [6.45, 7) is 3.65. The highest BCUT2D eigenvalue weighted by molar-refractivity contribution is 7.86. The van der Waals surface area contributed by atoms with Crippen molar-refractivity contribution >= 4 is 21.5 Å². The molecule has 2 aromatic rings. The Morgan fingerprint density at radius 2 is 1.82 bits per heavy atom. The summed E-state index contributed by atoms with van der Waals surface area (Å²) >= 11 is 0. The van der Waals surface area contributed by atoms with Gasteiger partial charge in [-0.15, -0.1) is 0 Å². The molecular formula is C16H17NO4S. The smallest absolute Gasteiger partial charge is 0.286 e. The van der Waals surface area contributed by atoms with Gasteiger partial charge in [-0.25, -0.2) is 0 Å². The van der Waals surface area contributed by atoms with E-state index in [4.69, 9.17) is 4.74 Å². The van der Waals surface area contributed by atoms with Gasteiger partial charge in [0.2, 0.25) is 0 Å². The number of benzene rings is 2. The van der Waals surface area contributed by atoms with E-state index >= 15 is 0 Å². The lowest BCUT2D eigenvalue weighted by Crippen LogP contribution is -2.38. The van der Waals surface area contributed by atoms with E-state index in [1.807, 2.05) is 37.3 Å². The van der Waals surface area contributed by atoms with E-state index in [-0.39, 0.29) is 6.42 Å². The van der Waals surface area contributed by atoms with Crippen LogP contribution < -0.4 is 9.64 Å². The molecule has 0 radical (unpaired) electrons. The fraction of sp³-hybridized carbons (Fsp3) is 0.250. The van der Waals surface area contributed by atoms with E-state index in [0.717, 1.165) is 5.56 Å². The van der Waals surface area contributed by atoms with Gasteiger partial charge in [0.25, 0.3) is 10.1 Å². The molecule has 116 valence electrons. The summed E-state index contributed by atoms with van der Waals surface area (Å²) in [7, 11) is -4.24. The van der Waals surface area contributed by atoms with Crippen molar-refractivity contribution in [3.8, 4) is 11.5 Å². The van der Waals surface area contributed by atoms with Crippen LogP contribution in [0, 0.1) is 6.92 Å². The molecule has 0 bridgehead atoms. The maximum absolute atomic E-state index is 11.8. The molecule has 0 saturated carbocycles. The second-order valence-electron chi connectivity index (χ2n) is 5.29. The molecular weight excluding hydrogens is 302 g/mol. The van der Waals surface area contributed by atoms with Gasteiger partial charge in [0, 0.05) is 0 Å². The van der Waals surface area contributed by atoms with Crippen LogP contribution in [0.2, 0.25) is 0 Å². The average Bonchev–Trinajstić information content (AvgIpc) is 2.46. The van der Waals surface area contributed by atoms with E-state index in [0.29, 0.717) is 22.9 Å². The molecule has 0 saturated heterocycles. The Labute approximate surface area is 129 Å². The zero-order valence-corrected chi connectivity index (χ0v) is 13.2. The van der Waals surface area contributed by atoms with Gasteiger partial charge in [-0.1, -0.05) is 25.1 Å². The van der Waals surface area contributed by atoms with Crippen LogP contribution in [0.5, 0.6) is 11.5 Å². The van der Waals surface area contributed by atoms with E-state index in [2.05, 4.69) is 0 Å². The number of hydrogen-bond acceptors (Lipinski definition) is 4. The Bertz CT molecular complexity index is 817. The van der Waals surface area contributed by atoms with Crippen LogP contribution in [0.25, 0.3) is 0 Å². The quantitative estimate of drug-likeness (QED) is 0.870. The second-order valence-corrected chi connectivity index (χ2v) is 6.86. The van der Waals surface area contributed by atoms with Crippen LogP contribution in [0.1, 0.15) is 18.9 Å². The largest absolute Gasteiger partial charge is 0.453 e. The average molecular weight is 319 g/mol. The number of aryl methyl sites for hydroxylation is 1. The van der Waals surface area contributed by atoms with Gasteiger partial charge in [0.15, 0.2) is 16.9 Å². The van der Waals surface area contributed by atoms with Gasteiger partial charge < -0.3 is 9.64 Å². The predicted octanol–water partition coefficient (Wildman–Crippen LogP) is 3.86. The highest BCUT2D eigenvalue weighted by Crippen LogP contribution is 2.48. The van der Waals surface area contributed by atoms with Crippen LogP contribution in [0.15, 0.2) is 42.5 Å². The highest BCUT2D eigenvalue weighted by atomic mass is 32.2. The van der Waals surface area contributed by atoms with Gasteiger partial charge in [-0.05, 0) is 43.2 Å². The van der Waals surface area contributed by atoms with Crippen molar-refractivity contribution < 1.29 is 17.7 Å². The molecule has 2 aromatic carbocycles. The molecule has 5 nitrogen and oxygen atoms in total. The highest BCUT2D eigenvalue weighted by Gasteiger charge is 2.35. The molecule has 0 amide bonds. The Balaban J connectivity index is 2.26. The van der Waals surface area contributed by atoms with Crippen LogP contribution in [0.4, 0.5) is 11.4 Å². The summed E-state index contributed by atoms with van der Waals surface area (Å²) in [4.78, 5) is 1.64. The topological polar surface area (TPSA) is 66.8 Å². The van der Waals surface area contributed by atoms with Crippen molar-refractivity contribution in [2.24, 2.45) is 0 Å². The van der Waals surface area contributed by atoms with Crippen molar-refractivity contribution in [2.75, 3.05) is 4.90 Å². The first-order valence-corrected chi connectivity index (χ1v) is 8.55. The summed E-state index contributed by atoms with van der Waals surface area (Å²) in [6, 6.07) is 12.8. The summed E-state index contributed by atoms with van der Waals surface area (Å²) in [5, 5.41) is -1.06. The van der Waals surface area contributed by atoms with E-state index in [1.54, 1.807) is 24.0 Å². The van der Waals surface area contributed by atoms with Crippen molar-refractivity contribution in [2.45, 2.75) is 25.6 Å². The normalized spacial score (nSPS) is 14.8. The third-order valence-electron chi connectivity index (χ3n) is 3.70. The number of fused-ring (bicyclic) bond motifs is 2. The molecule has 6 heteroatoms. The second kappa shape index (κ2) is 5.30. The third kappa shape index (κ3) is 2.44. The molecule has 22 heavy (non-hydrogen) atoms. The standard InChI is InChI=1S/C16H17NO4S/c1-3-16(22(18,19)20)17-12-6-4-5-7-14(12)21-15-9-8-11(2)10-13(15)17/h4-10,16H,3H2,1-2H3,(H,18,19,20). The van der Waals surface area contributed by atoms with Crippen molar-refractivity contribution in [1.82, 2.24) is 0 Å². The number of para-hydroxylation sites is 2. The lowest BCUT2D eigenvalue weighted by molar-refractivity contribution is 0.451. The van der Waals surface area contributed by atoms with Gasteiger partial charge >= 0.3 is 0 Å². The van der Waals surface area contributed by atoms with Crippen molar-refractivity contribution in [3.63, 3.8) is 0 Å². The van der Waals surface area contributed by atoms with Crippen LogP contribution in [-0.4, -0.2) is 18.3 Å². The molecule has 0 aliphatic carbocycles. The molecule has 1 heterocycles. The monoisotopic (exact) mass is 319 g/mol. The summed E-state index contributed by atoms with van der Waals surface area (Å²) in [5.74, 6) is 1.15. The first kappa shape index (κ1) is 14.9. The maximum atomic E-state index is 11.8. The van der Waals surface area contributed by atoms with Crippen molar-refractivity contribution in [1.29, 1.82) is 0 Å². The predicted molar refractivity (Wildman–Crippen MR) is 85.5 cm³/mol. The van der Waals surface area contributed by atoms with Gasteiger partial charge in [0.1, 0.15) is 0 Å². The Hall–Kier alpha value is -2.05. The molecule has 1 unspecified atom stereocenters. The number of ether oxygens (including phenoxy) is 1. The lowest BCUT2D eigenvalue weighted by Gasteiger charge is -2.36. The van der Waals surface area contributed by atoms with Crippen LogP contribution in [-0.2, 0) is 10.1 Å². The first-order valence-electron chi connectivity index (χ1n) is 7.05. The molecule has 1 aliphatic rings. The van der Waals surface area contributed by atoms with Gasteiger partial charge in [0.05, 0.1) is 11.4 Å². The lowest BCUT2D eigenvalue weighted by atomic mass is 10.1. The summed E-state index contributed by atoms with van der Waals surface area (Å²) in [5.41, 5.74) is 2.25. The minimum Gasteiger partial charge on any atom is -0.453 e. The van der Waals surface area contributed by atoms with Crippen LogP contribution >= 0.6 is 0 Å². The minimum absolute atomic E-state index is 0.251. The molecule has 3 rings (SSSR count). The Kier molecular flexibility index (Phi) is 3.58. The van der Waals surface area contributed by atoms with Crippen molar-refractivity contribution in [3.05, 3.63) is 48.0 Å². The summed E-state index contributed by atoms with van der Waals surface area (Å²) in [6.07, 6.45) is 0.251. The zero-order valence-electron chi connectivity index (χ0n) is 12.4. The number of nitrogens with zero attached hydrogens (tertiary/aromatic N) is 1. The number of rotatable bonds is 3. The van der Waals surface area contributed by atoms with Crippen LogP contribution in [0.3, 0.4) is 0 Å². The third-order valence-corrected chi connectivity index (χ3v) is 4.93.